The lowest BCUT2D eigenvalue weighted by Gasteiger charge is -2.34. The van der Waals surface area contributed by atoms with E-state index in [1.165, 1.54) is 0 Å². The van der Waals surface area contributed by atoms with Gasteiger partial charge in [-0.05, 0) is 38.3 Å². The first-order chi connectivity index (χ1) is 15.1. The first kappa shape index (κ1) is 19.5. The molecule has 0 radical (unpaired) electrons. The first-order valence-electron chi connectivity index (χ1n) is 10.9. The number of aromatic nitrogens is 4. The second kappa shape index (κ2) is 8.02. The summed E-state index contributed by atoms with van der Waals surface area (Å²) in [7, 11) is 0. The summed E-state index contributed by atoms with van der Waals surface area (Å²) in [5.74, 6) is -0.00183. The van der Waals surface area contributed by atoms with E-state index in [0.717, 1.165) is 48.4 Å². The van der Waals surface area contributed by atoms with Gasteiger partial charge in [-0.25, -0.2) is 4.68 Å². The monoisotopic (exact) mass is 418 g/mol. The third-order valence-corrected chi connectivity index (χ3v) is 6.31. The van der Waals surface area contributed by atoms with Crippen molar-refractivity contribution in [1.29, 1.82) is 0 Å². The zero-order valence-corrected chi connectivity index (χ0v) is 17.7. The zero-order valence-electron chi connectivity index (χ0n) is 17.7. The van der Waals surface area contributed by atoms with E-state index in [4.69, 9.17) is 0 Å². The molecule has 0 bridgehead atoms. The van der Waals surface area contributed by atoms with Gasteiger partial charge in [0.05, 0.1) is 40.6 Å². The van der Waals surface area contributed by atoms with Gasteiger partial charge >= 0.3 is 0 Å². The van der Waals surface area contributed by atoms with E-state index in [0.29, 0.717) is 31.7 Å². The minimum absolute atomic E-state index is 0.0309. The molecule has 0 N–H and O–H groups in total. The standard InChI is InChI=1S/C23H26N6O2/c1-17-19(15-25-29(17)18-7-3-2-4-8-18)22(30)26-11-13-27(14-12-26)23(31)20-16-24-28-10-6-5-9-21(20)28/h2-4,7-8,15-16H,5-6,9-14H2,1H3. The molecule has 2 aliphatic heterocycles. The Labute approximate surface area is 181 Å². The lowest BCUT2D eigenvalue weighted by molar-refractivity contribution is 0.0534. The van der Waals surface area contributed by atoms with E-state index >= 15 is 0 Å². The van der Waals surface area contributed by atoms with Gasteiger partial charge in [0.1, 0.15) is 0 Å². The normalized spacial score (nSPS) is 16.3. The van der Waals surface area contributed by atoms with Crippen LogP contribution >= 0.6 is 0 Å². The van der Waals surface area contributed by atoms with Crippen molar-refractivity contribution in [2.24, 2.45) is 0 Å². The number of carbonyl (C=O) groups excluding carboxylic acids is 2. The molecule has 0 atom stereocenters. The molecule has 8 nitrogen and oxygen atoms in total. The molecule has 1 aromatic carbocycles. The number of aryl methyl sites for hydroxylation is 1. The minimum atomic E-state index is -0.0327. The van der Waals surface area contributed by atoms with Gasteiger partial charge in [0, 0.05) is 32.7 Å². The summed E-state index contributed by atoms with van der Waals surface area (Å²) in [6.07, 6.45) is 6.47. The van der Waals surface area contributed by atoms with Crippen molar-refractivity contribution in [2.45, 2.75) is 32.7 Å². The first-order valence-corrected chi connectivity index (χ1v) is 10.9. The number of hydrogen-bond donors (Lipinski definition) is 0. The van der Waals surface area contributed by atoms with Crippen LogP contribution < -0.4 is 0 Å². The predicted octanol–water partition coefficient (Wildman–Crippen LogP) is 2.31. The predicted molar refractivity (Wildman–Crippen MR) is 115 cm³/mol. The smallest absolute Gasteiger partial charge is 0.257 e. The van der Waals surface area contributed by atoms with Gasteiger partial charge < -0.3 is 9.80 Å². The number of piperazine rings is 1. The molecule has 2 aliphatic rings. The average Bonchev–Trinajstić information content (AvgIpc) is 3.42. The SMILES string of the molecule is Cc1c(C(=O)N2CCN(C(=O)c3cnn4c3CCCC4)CC2)cnn1-c1ccccc1. The molecule has 5 rings (SSSR count). The topological polar surface area (TPSA) is 76.3 Å². The molecule has 2 amide bonds. The fourth-order valence-electron chi connectivity index (χ4n) is 4.50. The quantitative estimate of drug-likeness (QED) is 0.654. The number of benzene rings is 1. The van der Waals surface area contributed by atoms with Gasteiger partial charge in [0.25, 0.3) is 11.8 Å². The maximum atomic E-state index is 13.1. The van der Waals surface area contributed by atoms with Gasteiger partial charge in [-0.3, -0.25) is 14.3 Å². The van der Waals surface area contributed by atoms with Crippen LogP contribution in [0.1, 0.15) is 44.9 Å². The molecule has 31 heavy (non-hydrogen) atoms. The summed E-state index contributed by atoms with van der Waals surface area (Å²) >= 11 is 0. The number of nitrogens with zero attached hydrogens (tertiary/aromatic N) is 6. The van der Waals surface area contributed by atoms with Crippen LogP contribution in [0.25, 0.3) is 5.69 Å². The Morgan fingerprint density at radius 1 is 0.806 bits per heavy atom. The molecule has 2 aromatic heterocycles. The minimum Gasteiger partial charge on any atom is -0.335 e. The number of amides is 2. The number of carbonyl (C=O) groups is 2. The fourth-order valence-corrected chi connectivity index (χ4v) is 4.50. The van der Waals surface area contributed by atoms with Crippen molar-refractivity contribution in [2.75, 3.05) is 26.2 Å². The molecule has 1 saturated heterocycles. The molecule has 0 spiro atoms. The molecule has 1 fully saturated rings. The summed E-state index contributed by atoms with van der Waals surface area (Å²) in [5, 5.41) is 8.80. The highest BCUT2D eigenvalue weighted by atomic mass is 16.2. The zero-order chi connectivity index (χ0) is 21.4. The van der Waals surface area contributed by atoms with Crippen molar-refractivity contribution in [3.8, 4) is 5.69 Å². The van der Waals surface area contributed by atoms with Crippen LogP contribution in [0.2, 0.25) is 0 Å². The van der Waals surface area contributed by atoms with Crippen molar-refractivity contribution in [1.82, 2.24) is 29.4 Å². The average molecular weight is 419 g/mol. The highest BCUT2D eigenvalue weighted by Crippen LogP contribution is 2.21. The molecule has 8 heteroatoms. The lowest BCUT2D eigenvalue weighted by Crippen LogP contribution is -2.50. The van der Waals surface area contributed by atoms with Crippen LogP contribution in [0.3, 0.4) is 0 Å². The third kappa shape index (κ3) is 3.52. The Bertz CT molecular complexity index is 1110. The van der Waals surface area contributed by atoms with E-state index in [-0.39, 0.29) is 11.8 Å². The van der Waals surface area contributed by atoms with E-state index in [2.05, 4.69) is 10.2 Å². The fraction of sp³-hybridized carbons (Fsp3) is 0.391. The Hall–Kier alpha value is -3.42. The van der Waals surface area contributed by atoms with Crippen LogP contribution in [-0.2, 0) is 13.0 Å². The van der Waals surface area contributed by atoms with Crippen LogP contribution in [-0.4, -0.2) is 67.4 Å². The summed E-state index contributed by atoms with van der Waals surface area (Å²) < 4.78 is 3.75. The number of hydrogen-bond acceptors (Lipinski definition) is 4. The second-order valence-corrected chi connectivity index (χ2v) is 8.16. The van der Waals surface area contributed by atoms with Crippen LogP contribution in [0.4, 0.5) is 0 Å². The maximum Gasteiger partial charge on any atom is 0.257 e. The maximum absolute atomic E-state index is 13.1. The van der Waals surface area contributed by atoms with E-state index < -0.39 is 0 Å². The third-order valence-electron chi connectivity index (χ3n) is 6.31. The Morgan fingerprint density at radius 2 is 1.45 bits per heavy atom. The van der Waals surface area contributed by atoms with E-state index in [1.54, 1.807) is 17.1 Å². The van der Waals surface area contributed by atoms with Gasteiger partial charge in [-0.1, -0.05) is 18.2 Å². The van der Waals surface area contributed by atoms with Crippen molar-refractivity contribution in [3.05, 3.63) is 65.2 Å². The Kier molecular flexibility index (Phi) is 5.05. The van der Waals surface area contributed by atoms with Gasteiger partial charge in [-0.15, -0.1) is 0 Å². The van der Waals surface area contributed by atoms with E-state index in [1.807, 2.05) is 51.7 Å². The van der Waals surface area contributed by atoms with Gasteiger partial charge in [-0.2, -0.15) is 10.2 Å². The van der Waals surface area contributed by atoms with Crippen LogP contribution in [0.5, 0.6) is 0 Å². The number of rotatable bonds is 3. The molecule has 160 valence electrons. The largest absolute Gasteiger partial charge is 0.335 e. The molecule has 0 unspecified atom stereocenters. The highest BCUT2D eigenvalue weighted by Gasteiger charge is 2.29. The Morgan fingerprint density at radius 3 is 2.16 bits per heavy atom. The Balaban J connectivity index is 1.26. The van der Waals surface area contributed by atoms with Crippen LogP contribution in [0, 0.1) is 6.92 Å². The van der Waals surface area contributed by atoms with Crippen LogP contribution in [0.15, 0.2) is 42.7 Å². The summed E-state index contributed by atoms with van der Waals surface area (Å²) in [6, 6.07) is 9.79. The highest BCUT2D eigenvalue weighted by molar-refractivity contribution is 5.97. The molecule has 3 aromatic rings. The second-order valence-electron chi connectivity index (χ2n) is 8.16. The molecular weight excluding hydrogens is 392 g/mol. The molecule has 4 heterocycles. The molecule has 0 aliphatic carbocycles. The van der Waals surface area contributed by atoms with Crippen molar-refractivity contribution >= 4 is 11.8 Å². The summed E-state index contributed by atoms with van der Waals surface area (Å²) in [5.41, 5.74) is 4.13. The number of para-hydroxylation sites is 1. The van der Waals surface area contributed by atoms with Gasteiger partial charge in [0.2, 0.25) is 0 Å². The summed E-state index contributed by atoms with van der Waals surface area (Å²) in [4.78, 5) is 29.8. The molecule has 0 saturated carbocycles. The molecular formula is C23H26N6O2. The summed E-state index contributed by atoms with van der Waals surface area (Å²) in [6.45, 7) is 4.90. The lowest BCUT2D eigenvalue weighted by atomic mass is 10.1. The number of fused-ring (bicyclic) bond motifs is 1. The van der Waals surface area contributed by atoms with Gasteiger partial charge in [0.15, 0.2) is 0 Å². The van der Waals surface area contributed by atoms with Crippen molar-refractivity contribution in [3.63, 3.8) is 0 Å². The van der Waals surface area contributed by atoms with E-state index in [9.17, 15) is 9.59 Å². The van der Waals surface area contributed by atoms with Crippen molar-refractivity contribution < 1.29 is 9.59 Å².